The smallest absolute Gasteiger partial charge is 0.181 e. The lowest BCUT2D eigenvalue weighted by molar-refractivity contribution is -0.0564. The highest BCUT2D eigenvalue weighted by atomic mass is 127. The summed E-state index contributed by atoms with van der Waals surface area (Å²) in [6, 6.07) is 0. The zero-order valence-electron chi connectivity index (χ0n) is 10.9. The highest BCUT2D eigenvalue weighted by Gasteiger charge is 2.55. The topological polar surface area (TPSA) is 80.4 Å². The molecular formula is C12H12ClFIN3O3. The number of nitrogens with zero attached hydrogens (tertiary/aromatic N) is 3. The number of hydrogen-bond donors (Lipinski definition) is 2. The van der Waals surface area contributed by atoms with Crippen molar-refractivity contribution in [2.75, 3.05) is 6.61 Å². The minimum atomic E-state index is -2.07. The Morgan fingerprint density at radius 3 is 2.90 bits per heavy atom. The van der Waals surface area contributed by atoms with Crippen molar-refractivity contribution in [3.8, 4) is 0 Å². The van der Waals surface area contributed by atoms with Crippen LogP contribution in [-0.2, 0) is 4.74 Å². The van der Waals surface area contributed by atoms with Crippen LogP contribution in [-0.4, -0.2) is 49.2 Å². The third-order valence-corrected chi connectivity index (χ3v) is 4.77. The zero-order chi connectivity index (χ0) is 15.4. The molecule has 114 valence electrons. The molecule has 2 aromatic heterocycles. The summed E-state index contributed by atoms with van der Waals surface area (Å²) < 4.78 is 22.5. The number of rotatable bonds is 2. The third kappa shape index (κ3) is 2.24. The van der Waals surface area contributed by atoms with Crippen molar-refractivity contribution in [2.45, 2.75) is 31.0 Å². The predicted octanol–water partition coefficient (Wildman–Crippen LogP) is 1.67. The van der Waals surface area contributed by atoms with Crippen molar-refractivity contribution in [1.29, 1.82) is 0 Å². The lowest BCUT2D eigenvalue weighted by Crippen LogP contribution is -2.40. The van der Waals surface area contributed by atoms with Gasteiger partial charge < -0.3 is 19.5 Å². The van der Waals surface area contributed by atoms with E-state index in [1.165, 1.54) is 17.8 Å². The molecule has 1 fully saturated rings. The Morgan fingerprint density at radius 2 is 2.29 bits per heavy atom. The van der Waals surface area contributed by atoms with Gasteiger partial charge in [0.1, 0.15) is 29.3 Å². The quantitative estimate of drug-likeness (QED) is 0.563. The number of fused-ring (bicyclic) bond motifs is 1. The minimum Gasteiger partial charge on any atom is -0.394 e. The van der Waals surface area contributed by atoms with Gasteiger partial charge in [-0.05, 0) is 29.5 Å². The first-order chi connectivity index (χ1) is 9.87. The summed E-state index contributed by atoms with van der Waals surface area (Å²) in [6.07, 6.45) is -0.610. The van der Waals surface area contributed by atoms with E-state index in [1.54, 1.807) is 6.20 Å². The van der Waals surface area contributed by atoms with Crippen molar-refractivity contribution in [1.82, 2.24) is 14.5 Å². The van der Waals surface area contributed by atoms with Crippen LogP contribution in [0, 0.1) is 3.57 Å². The van der Waals surface area contributed by atoms with Crippen molar-refractivity contribution in [3.63, 3.8) is 0 Å². The number of halogens is 3. The van der Waals surface area contributed by atoms with Crippen molar-refractivity contribution < 1.29 is 19.3 Å². The second-order valence-electron chi connectivity index (χ2n) is 5.05. The average molecular weight is 428 g/mol. The molecule has 3 heterocycles. The van der Waals surface area contributed by atoms with Gasteiger partial charge in [-0.15, -0.1) is 0 Å². The molecule has 0 amide bonds. The molecule has 0 bridgehead atoms. The Kier molecular flexibility index (Phi) is 3.85. The second-order valence-corrected chi connectivity index (χ2v) is 6.57. The summed E-state index contributed by atoms with van der Waals surface area (Å²) in [5, 5.41) is 20.0. The highest BCUT2D eigenvalue weighted by Crippen LogP contribution is 2.43. The highest BCUT2D eigenvalue weighted by molar-refractivity contribution is 14.1. The van der Waals surface area contributed by atoms with E-state index in [9.17, 15) is 14.6 Å². The molecule has 0 aliphatic carbocycles. The molecule has 9 heteroatoms. The Hall–Kier alpha value is -0.550. The number of hydrogen-bond acceptors (Lipinski definition) is 5. The van der Waals surface area contributed by atoms with Crippen LogP contribution in [0.5, 0.6) is 0 Å². The molecule has 21 heavy (non-hydrogen) atoms. The number of aromatic nitrogens is 3. The molecule has 0 radical (unpaired) electrons. The Bertz CT molecular complexity index is 696. The van der Waals surface area contributed by atoms with Gasteiger partial charge in [-0.1, -0.05) is 11.6 Å². The van der Waals surface area contributed by atoms with E-state index in [0.717, 1.165) is 3.57 Å². The molecule has 1 aliphatic heterocycles. The summed E-state index contributed by atoms with van der Waals surface area (Å²) in [6.45, 7) is 0.767. The van der Waals surface area contributed by atoms with E-state index >= 15 is 0 Å². The van der Waals surface area contributed by atoms with E-state index in [2.05, 4.69) is 9.97 Å². The van der Waals surface area contributed by atoms with Crippen LogP contribution >= 0.6 is 34.2 Å². The molecule has 2 unspecified atom stereocenters. The van der Waals surface area contributed by atoms with E-state index in [-0.39, 0.29) is 5.15 Å². The van der Waals surface area contributed by atoms with Gasteiger partial charge in [0, 0.05) is 9.77 Å². The summed E-state index contributed by atoms with van der Waals surface area (Å²) in [5.74, 6) is 0. The average Bonchev–Trinajstić information content (AvgIpc) is 2.87. The molecule has 0 aromatic carbocycles. The van der Waals surface area contributed by atoms with E-state index in [4.69, 9.17) is 16.3 Å². The maximum atomic E-state index is 14.8. The van der Waals surface area contributed by atoms with Gasteiger partial charge in [0.2, 0.25) is 0 Å². The fraction of sp³-hybridized carbons (Fsp3) is 0.500. The van der Waals surface area contributed by atoms with Crippen LogP contribution in [0.25, 0.3) is 11.0 Å². The van der Waals surface area contributed by atoms with Crippen molar-refractivity contribution >= 4 is 45.2 Å². The first-order valence-corrected chi connectivity index (χ1v) is 7.63. The Labute approximate surface area is 138 Å². The molecule has 4 atom stereocenters. The molecule has 0 spiro atoms. The minimum absolute atomic E-state index is 0.265. The van der Waals surface area contributed by atoms with Gasteiger partial charge in [-0.3, -0.25) is 0 Å². The van der Waals surface area contributed by atoms with Gasteiger partial charge in [0.15, 0.2) is 11.9 Å². The molecule has 0 saturated carbocycles. The van der Waals surface area contributed by atoms with Gasteiger partial charge in [-0.2, -0.15) is 0 Å². The van der Waals surface area contributed by atoms with Crippen LogP contribution < -0.4 is 0 Å². The molecule has 1 saturated heterocycles. The van der Waals surface area contributed by atoms with Crippen LogP contribution in [0.3, 0.4) is 0 Å². The van der Waals surface area contributed by atoms with Gasteiger partial charge in [0.25, 0.3) is 0 Å². The first kappa shape index (κ1) is 15.3. The molecule has 6 nitrogen and oxygen atoms in total. The van der Waals surface area contributed by atoms with Crippen LogP contribution in [0.2, 0.25) is 5.15 Å². The monoisotopic (exact) mass is 427 g/mol. The lowest BCUT2D eigenvalue weighted by atomic mass is 9.98. The lowest BCUT2D eigenvalue weighted by Gasteiger charge is -2.25. The van der Waals surface area contributed by atoms with Crippen LogP contribution in [0.1, 0.15) is 13.2 Å². The van der Waals surface area contributed by atoms with Crippen molar-refractivity contribution in [2.24, 2.45) is 0 Å². The van der Waals surface area contributed by atoms with Crippen LogP contribution in [0.4, 0.5) is 4.39 Å². The van der Waals surface area contributed by atoms with Crippen LogP contribution in [0.15, 0.2) is 12.5 Å². The number of aliphatic hydroxyl groups is 2. The fourth-order valence-electron chi connectivity index (χ4n) is 2.55. The summed E-state index contributed by atoms with van der Waals surface area (Å²) in [4.78, 5) is 8.02. The fourth-order valence-corrected chi connectivity index (χ4v) is 3.73. The van der Waals surface area contributed by atoms with Gasteiger partial charge in [-0.25, -0.2) is 14.4 Å². The van der Waals surface area contributed by atoms with Gasteiger partial charge >= 0.3 is 0 Å². The molecule has 2 aromatic rings. The van der Waals surface area contributed by atoms with E-state index in [1.807, 2.05) is 22.6 Å². The summed E-state index contributed by atoms with van der Waals surface area (Å²) >= 11 is 8.09. The molecule has 3 rings (SSSR count). The number of aliphatic hydroxyl groups excluding tert-OH is 2. The normalized spacial score (nSPS) is 33.0. The largest absolute Gasteiger partial charge is 0.394 e. The summed E-state index contributed by atoms with van der Waals surface area (Å²) in [5.41, 5.74) is -1.65. The second kappa shape index (κ2) is 5.27. The molecule has 2 N–H and O–H groups in total. The predicted molar refractivity (Wildman–Crippen MR) is 81.8 cm³/mol. The zero-order valence-corrected chi connectivity index (χ0v) is 13.8. The maximum absolute atomic E-state index is 14.8. The number of ether oxygens (including phenoxy) is 1. The number of alkyl halides is 1. The SMILES string of the molecule is C[C@]1(F)C(n2cc(I)c3c(Cl)ncnc32)OC(CO)[C@H]1O. The van der Waals surface area contributed by atoms with E-state index < -0.39 is 30.7 Å². The van der Waals surface area contributed by atoms with Gasteiger partial charge in [0.05, 0.1) is 12.0 Å². The molecule has 1 aliphatic rings. The Morgan fingerprint density at radius 1 is 1.57 bits per heavy atom. The maximum Gasteiger partial charge on any atom is 0.181 e. The van der Waals surface area contributed by atoms with E-state index in [0.29, 0.717) is 11.0 Å². The summed E-state index contributed by atoms with van der Waals surface area (Å²) in [7, 11) is 0. The molecular weight excluding hydrogens is 416 g/mol. The third-order valence-electron chi connectivity index (χ3n) is 3.67. The van der Waals surface area contributed by atoms with Crippen molar-refractivity contribution in [3.05, 3.63) is 21.2 Å². The Balaban J connectivity index is 2.15. The first-order valence-electron chi connectivity index (χ1n) is 6.17. The standard InChI is InChI=1S/C12H12ClFIN3O3/c1-12(14)8(20)6(3-19)21-11(12)18-2-5(15)7-9(13)16-4-17-10(7)18/h2,4,6,8,11,19-20H,3H2,1H3/t6?,8-,11?,12-/m1/s1.